The van der Waals surface area contributed by atoms with Gasteiger partial charge in [0.05, 0.1) is 5.69 Å². The number of allylic oxidation sites excluding steroid dienone is 1. The van der Waals surface area contributed by atoms with E-state index in [1.54, 1.807) is 49.1 Å². The van der Waals surface area contributed by atoms with Crippen LogP contribution in [0.25, 0.3) is 0 Å². The van der Waals surface area contributed by atoms with E-state index >= 15 is 0 Å². The summed E-state index contributed by atoms with van der Waals surface area (Å²) >= 11 is 29.0. The largest absolute Gasteiger partial charge is 0.373 e. The van der Waals surface area contributed by atoms with E-state index < -0.39 is 0 Å². The van der Waals surface area contributed by atoms with Crippen LogP contribution in [0.5, 0.6) is 0 Å². The van der Waals surface area contributed by atoms with Gasteiger partial charge < -0.3 is 26.6 Å². The lowest BCUT2D eigenvalue weighted by Crippen LogP contribution is -2.48. The second-order valence-electron chi connectivity index (χ2n) is 31.1. The van der Waals surface area contributed by atoms with Crippen LogP contribution in [0.1, 0.15) is 121 Å². The Morgan fingerprint density at radius 3 is 0.985 bits per heavy atom. The molecule has 7 aliphatic rings. The number of halogens is 9. The van der Waals surface area contributed by atoms with Crippen LogP contribution in [0, 0.1) is 35.6 Å². The van der Waals surface area contributed by atoms with Gasteiger partial charge in [-0.25, -0.2) is 17.6 Å². The number of rotatable bonds is 18. The molecular weight excluding hydrogens is 1880 g/mol. The van der Waals surface area contributed by atoms with Crippen LogP contribution < -0.4 is 26.6 Å². The van der Waals surface area contributed by atoms with Gasteiger partial charge in [0.2, 0.25) is 0 Å². The topological polar surface area (TPSA) is 327 Å². The lowest BCUT2D eigenvalue weighted by Gasteiger charge is -2.36. The number of benzene rings is 5. The SMILES string of the molecule is C#Cc1ccc(C2=NC(c3ccc(F)cc3Cl)C(C)=C(C)N2)nc1.CC1=C(CN2CCN(Cc3ccc(Br)cc3)CC2)NC(c2ccccn2)=NC1c1ccc(F)cc1Cl.CC1=C(CN2CCN(Cc3ccccn3)CC2)NC(c2ccccn2)=NC1c1ccc(F)cc1Cl.CC1=C(CN2CCNCC2)NC(c2ccccn2)=NC1c1ccc(F)cc1Cl.O=C=O.O=C=O.O=C=O.O=C=O. The van der Waals surface area contributed by atoms with Crippen LogP contribution in [0.15, 0.2) is 282 Å². The first-order valence-corrected chi connectivity index (χ1v) is 44.7. The third-order valence-corrected chi connectivity index (χ3v) is 24.3. The number of aromatic nitrogens is 5. The van der Waals surface area contributed by atoms with Crippen molar-refractivity contribution in [3.8, 4) is 12.3 Å². The van der Waals surface area contributed by atoms with E-state index in [1.807, 2.05) is 98.9 Å². The second kappa shape index (κ2) is 53.1. The van der Waals surface area contributed by atoms with Gasteiger partial charge in [-0.2, -0.15) is 38.4 Å². The fourth-order valence-electron chi connectivity index (χ4n) is 15.3. The minimum Gasteiger partial charge on any atom is -0.343 e. The molecule has 0 aliphatic carbocycles. The predicted molar refractivity (Wildman–Crippen MR) is 508 cm³/mol. The molecule has 0 saturated carbocycles. The Bertz CT molecular complexity index is 6110. The van der Waals surface area contributed by atoms with Gasteiger partial charge in [-0.3, -0.25) is 69.4 Å². The van der Waals surface area contributed by atoms with Crippen molar-refractivity contribution in [2.75, 3.05) is 98.2 Å². The molecule has 5 aromatic heterocycles. The first-order chi connectivity index (χ1) is 65.3. The number of piperazine rings is 3. The predicted octanol–water partition coefficient (Wildman–Crippen LogP) is 15.3. The molecule has 12 heterocycles. The third-order valence-electron chi connectivity index (χ3n) is 22.4. The van der Waals surface area contributed by atoms with Crippen molar-refractivity contribution in [3.05, 3.63) is 368 Å². The highest BCUT2D eigenvalue weighted by Gasteiger charge is 2.33. The minimum atomic E-state index is -0.369. The van der Waals surface area contributed by atoms with Gasteiger partial charge in [0, 0.05) is 195 Å². The van der Waals surface area contributed by atoms with Crippen molar-refractivity contribution >= 4 is 110 Å². The second-order valence-corrected chi connectivity index (χ2v) is 33.7. The van der Waals surface area contributed by atoms with Gasteiger partial charge in [0.1, 0.15) is 70.2 Å². The number of amidine groups is 4. The maximum Gasteiger partial charge on any atom is 0.373 e. The first-order valence-electron chi connectivity index (χ1n) is 42.4. The molecule has 135 heavy (non-hydrogen) atoms. The Kier molecular flexibility index (Phi) is 40.9. The summed E-state index contributed by atoms with van der Waals surface area (Å²) in [5.41, 5.74) is 17.8. The summed E-state index contributed by atoms with van der Waals surface area (Å²) in [4.78, 5) is 119. The first kappa shape index (κ1) is 104. The van der Waals surface area contributed by atoms with E-state index in [0.29, 0.717) is 54.7 Å². The molecule has 0 radical (unpaired) electrons. The lowest BCUT2D eigenvalue weighted by molar-refractivity contribution is -0.193. The van der Waals surface area contributed by atoms with Crippen LogP contribution >= 0.6 is 62.3 Å². The highest BCUT2D eigenvalue weighted by Crippen LogP contribution is 2.41. The number of nitrogens with zero attached hydrogens (tertiary/aromatic N) is 14. The number of terminal acetylenes is 1. The Morgan fingerprint density at radius 2 is 0.674 bits per heavy atom. The fraction of sp³-hybridized carbons (Fsp3) is 0.263. The average Bonchev–Trinajstić information content (AvgIpc) is 0.797. The number of aliphatic imine (C=N–C) groups is 4. The van der Waals surface area contributed by atoms with E-state index in [0.717, 1.165) is 206 Å². The van der Waals surface area contributed by atoms with Crippen molar-refractivity contribution < 1.29 is 55.9 Å². The summed E-state index contributed by atoms with van der Waals surface area (Å²) in [6.45, 7) is 26.2. The van der Waals surface area contributed by atoms with Crippen LogP contribution in [0.3, 0.4) is 0 Å². The lowest BCUT2D eigenvalue weighted by atomic mass is 9.96. The normalized spacial score (nSPS) is 17.7. The molecule has 4 unspecified atom stereocenters. The Labute approximate surface area is 807 Å². The molecule has 4 atom stereocenters. The van der Waals surface area contributed by atoms with Gasteiger partial charge >= 0.3 is 24.6 Å². The minimum absolute atomic E-state index is 0.250. The monoisotopic (exact) mass is 1970 g/mol. The summed E-state index contributed by atoms with van der Waals surface area (Å²) < 4.78 is 55.5. The van der Waals surface area contributed by atoms with E-state index in [9.17, 15) is 17.6 Å². The van der Waals surface area contributed by atoms with E-state index in [-0.39, 0.29) is 72.0 Å². The molecule has 27 nitrogen and oxygen atoms in total. The highest BCUT2D eigenvalue weighted by atomic mass is 79.9. The summed E-state index contributed by atoms with van der Waals surface area (Å²) in [6.07, 6.45) is 15.1. The van der Waals surface area contributed by atoms with Gasteiger partial charge in [-0.1, -0.05) is 129 Å². The smallest absolute Gasteiger partial charge is 0.343 e. The number of carbonyl (C=O) groups excluding carboxylic acids is 8. The molecule has 17 rings (SSSR count). The average molecular weight is 1980 g/mol. The van der Waals surface area contributed by atoms with Crippen molar-refractivity contribution in [2.45, 2.75) is 71.9 Å². The highest BCUT2D eigenvalue weighted by molar-refractivity contribution is 9.10. The van der Waals surface area contributed by atoms with Gasteiger partial charge in [-0.15, -0.1) is 6.42 Å². The number of nitrogens with one attached hydrogen (secondary N) is 5. The van der Waals surface area contributed by atoms with Crippen LogP contribution in [-0.2, 0) is 51.4 Å². The summed E-state index contributed by atoms with van der Waals surface area (Å²) in [5.74, 6) is 3.86. The van der Waals surface area contributed by atoms with Gasteiger partial charge in [-0.05, 0) is 206 Å². The molecule has 0 bridgehead atoms. The van der Waals surface area contributed by atoms with Crippen molar-refractivity contribution in [3.63, 3.8) is 0 Å². The number of hydrogen-bond donors (Lipinski definition) is 5. The summed E-state index contributed by atoms with van der Waals surface area (Å²) in [6, 6.07) is 52.2. The Hall–Kier alpha value is -13.1. The van der Waals surface area contributed by atoms with E-state index in [1.165, 1.54) is 54.1 Å². The molecule has 10 aromatic rings. The number of pyridine rings is 5. The molecule has 0 amide bonds. The maximum absolute atomic E-state index is 13.8. The Balaban J connectivity index is 0.000000180. The van der Waals surface area contributed by atoms with Crippen LogP contribution in [0.4, 0.5) is 17.6 Å². The quantitative estimate of drug-likeness (QED) is 0.0393. The number of hydrogen-bond acceptors (Lipinski definition) is 27. The zero-order valence-corrected chi connectivity index (χ0v) is 78.7. The molecular formula is C99H94BrCl4F4N19O8. The molecule has 3 saturated heterocycles. The van der Waals surface area contributed by atoms with E-state index in [4.69, 9.17) is 111 Å². The standard InChI is InChI=1S/C28H28BrClFN5.C27H28ClFN6.C21H23ClFN5.C19H15ClFN3.4CO2/c1-19-26(18-36-14-12-35(13-15-36)17-20-5-7-21(29)8-6-20)33-28(25-4-2-3-11-32-25)34-27(19)23-10-9-22(31)16-24(23)30;1-19-25(18-35-14-12-34(13-15-35)17-21-6-2-4-10-30-21)32-27(24-7-3-5-11-31-24)33-26(19)22-9-8-20(29)16-23(22)28;1-14-19(13-28-10-8-24-9-11-28)26-21(18-4-2-3-7-25-18)27-20(14)16-6-5-15(23)12-17(16)22;1-4-13-5-8-17(22-10-13)19-23-12(3)11(2)18(24-19)15-7-6-14(21)9-16(15)20;4*2-1-3/h2-11,16,27H,12-15,17-18H2,1H3,(H,33,34);2-11,16,26H,12-15,17-18H2,1H3,(H,32,33);2-7,12,20,24H,8-11,13H2,1H3,(H,26,27);1,5-10,18H,2-3H3,(H,23,24);;;;. The zero-order valence-electron chi connectivity index (χ0n) is 74.0. The summed E-state index contributed by atoms with van der Waals surface area (Å²) in [5, 5.41) is 18.7. The Morgan fingerprint density at radius 1 is 0.363 bits per heavy atom. The van der Waals surface area contributed by atoms with Crippen LogP contribution in [-0.4, -0.2) is 196 Å². The third kappa shape index (κ3) is 30.5. The molecule has 36 heteroatoms. The summed E-state index contributed by atoms with van der Waals surface area (Å²) in [7, 11) is 0. The van der Waals surface area contributed by atoms with Gasteiger partial charge in [0.25, 0.3) is 0 Å². The van der Waals surface area contributed by atoms with Crippen molar-refractivity contribution in [2.24, 2.45) is 20.0 Å². The zero-order chi connectivity index (χ0) is 96.9. The fourth-order valence-corrected chi connectivity index (χ4v) is 16.6. The maximum atomic E-state index is 13.8. The van der Waals surface area contributed by atoms with Gasteiger partial charge in [0.15, 0.2) is 23.3 Å². The van der Waals surface area contributed by atoms with Crippen molar-refractivity contribution in [1.82, 2.24) is 76.0 Å². The molecule has 0 spiro atoms. The van der Waals surface area contributed by atoms with Crippen LogP contribution in [0.2, 0.25) is 20.1 Å². The molecule has 696 valence electrons. The molecule has 5 N–H and O–H groups in total. The van der Waals surface area contributed by atoms with Crippen molar-refractivity contribution in [1.29, 1.82) is 0 Å². The molecule has 7 aliphatic heterocycles. The molecule has 3 fully saturated rings. The molecule has 5 aromatic carbocycles. The van der Waals surface area contributed by atoms with E-state index in [2.05, 4.69) is 149 Å².